The van der Waals surface area contributed by atoms with E-state index in [0.29, 0.717) is 18.6 Å². The third kappa shape index (κ3) is 5.37. The molecule has 0 spiro atoms. The molecule has 1 amide bonds. The van der Waals surface area contributed by atoms with Gasteiger partial charge in [-0.05, 0) is 40.5 Å². The van der Waals surface area contributed by atoms with E-state index < -0.39 is 5.60 Å². The third-order valence-electron chi connectivity index (χ3n) is 2.73. The topological polar surface area (TPSA) is 76.4 Å². The van der Waals surface area contributed by atoms with E-state index in [1.165, 1.54) is 0 Å². The van der Waals surface area contributed by atoms with Gasteiger partial charge in [0.05, 0.1) is 0 Å². The first kappa shape index (κ1) is 14.3. The summed E-state index contributed by atoms with van der Waals surface area (Å²) < 4.78 is 5.19. The van der Waals surface area contributed by atoms with E-state index in [1.807, 2.05) is 20.8 Å². The van der Waals surface area contributed by atoms with Crippen LogP contribution in [0.5, 0.6) is 0 Å². The number of alkyl carbamates (subject to hydrolysis) is 1. The molecule has 1 atom stereocenters. The first-order chi connectivity index (χ1) is 7.80. The average molecular weight is 243 g/mol. The molecule has 0 saturated heterocycles. The van der Waals surface area contributed by atoms with Crippen molar-refractivity contribution in [3.8, 4) is 0 Å². The van der Waals surface area contributed by atoms with Crippen LogP contribution in [0.15, 0.2) is 0 Å². The van der Waals surface area contributed by atoms with Crippen LogP contribution in [0.25, 0.3) is 0 Å². The van der Waals surface area contributed by atoms with Gasteiger partial charge in [-0.1, -0.05) is 0 Å². The predicted octanol–water partition coefficient (Wildman–Crippen LogP) is 0.979. The van der Waals surface area contributed by atoms with Crippen LogP contribution in [0.1, 0.15) is 40.5 Å². The Bertz CT molecular complexity index is 257. The lowest BCUT2D eigenvalue weighted by molar-refractivity contribution is 0.0463. The van der Waals surface area contributed by atoms with Crippen LogP contribution >= 0.6 is 0 Å². The van der Waals surface area contributed by atoms with E-state index in [4.69, 9.17) is 10.5 Å². The second-order valence-electron chi connectivity index (χ2n) is 5.81. The molecular formula is C12H25N3O2. The van der Waals surface area contributed by atoms with Crippen molar-refractivity contribution in [2.45, 2.75) is 64.3 Å². The second-order valence-corrected chi connectivity index (χ2v) is 5.81. The number of nitrogens with two attached hydrogens (primary N) is 1. The summed E-state index contributed by atoms with van der Waals surface area (Å²) in [5.74, 6) is 0. The number of nitrogens with one attached hydrogen (secondary N) is 2. The van der Waals surface area contributed by atoms with Gasteiger partial charge in [-0.2, -0.15) is 0 Å². The zero-order valence-corrected chi connectivity index (χ0v) is 11.2. The molecule has 17 heavy (non-hydrogen) atoms. The van der Waals surface area contributed by atoms with Gasteiger partial charge in [0.2, 0.25) is 0 Å². The molecule has 0 aromatic heterocycles. The lowest BCUT2D eigenvalue weighted by Gasteiger charge is -2.38. The summed E-state index contributed by atoms with van der Waals surface area (Å²) in [6.07, 6.45) is 1.57. The molecule has 0 aliphatic heterocycles. The molecule has 5 nitrogen and oxygen atoms in total. The third-order valence-corrected chi connectivity index (χ3v) is 2.73. The normalized spacial score (nSPS) is 25.9. The quantitative estimate of drug-likeness (QED) is 0.688. The first-order valence-corrected chi connectivity index (χ1v) is 6.26. The van der Waals surface area contributed by atoms with Crippen LogP contribution in [-0.2, 0) is 4.74 Å². The molecular weight excluding hydrogens is 218 g/mol. The van der Waals surface area contributed by atoms with Gasteiger partial charge >= 0.3 is 6.09 Å². The van der Waals surface area contributed by atoms with E-state index in [9.17, 15) is 4.79 Å². The Morgan fingerprint density at radius 2 is 2.00 bits per heavy atom. The molecule has 0 aromatic rings. The average Bonchev–Trinajstić information content (AvgIpc) is 2.11. The molecule has 1 rings (SSSR count). The van der Waals surface area contributed by atoms with Crippen molar-refractivity contribution < 1.29 is 9.53 Å². The maximum Gasteiger partial charge on any atom is 0.407 e. The Morgan fingerprint density at radius 1 is 1.41 bits per heavy atom. The van der Waals surface area contributed by atoms with Crippen LogP contribution in [-0.4, -0.2) is 36.4 Å². The highest BCUT2D eigenvalue weighted by Gasteiger charge is 2.31. The van der Waals surface area contributed by atoms with Crippen LogP contribution in [0, 0.1) is 0 Å². The Balaban J connectivity index is 2.15. The van der Waals surface area contributed by atoms with Gasteiger partial charge in [-0.25, -0.2) is 4.79 Å². The number of hydrogen-bond donors (Lipinski definition) is 3. The van der Waals surface area contributed by atoms with E-state index in [2.05, 4.69) is 17.6 Å². The molecule has 0 heterocycles. The summed E-state index contributed by atoms with van der Waals surface area (Å²) in [6, 6.07) is 1.03. The summed E-state index contributed by atoms with van der Waals surface area (Å²) in [5.41, 5.74) is 5.10. The van der Waals surface area contributed by atoms with Crippen LogP contribution in [0.3, 0.4) is 0 Å². The summed E-state index contributed by atoms with van der Waals surface area (Å²) in [6.45, 7) is 8.29. The highest BCUT2D eigenvalue weighted by Crippen LogP contribution is 2.21. The fourth-order valence-electron chi connectivity index (χ4n) is 1.82. The maximum absolute atomic E-state index is 11.5. The molecule has 4 N–H and O–H groups in total. The summed E-state index contributed by atoms with van der Waals surface area (Å²) >= 11 is 0. The Morgan fingerprint density at radius 3 is 2.47 bits per heavy atom. The zero-order valence-electron chi connectivity index (χ0n) is 11.2. The van der Waals surface area contributed by atoms with Gasteiger partial charge in [0.1, 0.15) is 5.60 Å². The fourth-order valence-corrected chi connectivity index (χ4v) is 1.82. The van der Waals surface area contributed by atoms with Gasteiger partial charge in [-0.3, -0.25) is 0 Å². The van der Waals surface area contributed by atoms with Gasteiger partial charge < -0.3 is 21.1 Å². The highest BCUT2D eigenvalue weighted by atomic mass is 16.6. The predicted molar refractivity (Wildman–Crippen MR) is 67.8 cm³/mol. The van der Waals surface area contributed by atoms with Crippen LogP contribution < -0.4 is 16.4 Å². The maximum atomic E-state index is 11.5. The molecule has 1 fully saturated rings. The Kier molecular flexibility index (Phi) is 4.77. The number of amides is 1. The van der Waals surface area contributed by atoms with Crippen molar-refractivity contribution in [2.24, 2.45) is 5.73 Å². The van der Waals surface area contributed by atoms with Crippen molar-refractivity contribution in [3.05, 3.63) is 0 Å². The van der Waals surface area contributed by atoms with E-state index >= 15 is 0 Å². The second kappa shape index (κ2) is 5.69. The van der Waals surface area contributed by atoms with E-state index in [1.54, 1.807) is 0 Å². The molecule has 0 radical (unpaired) electrons. The number of hydrogen-bond acceptors (Lipinski definition) is 4. The van der Waals surface area contributed by atoms with Crippen molar-refractivity contribution in [1.82, 2.24) is 10.6 Å². The molecule has 0 bridgehead atoms. The highest BCUT2D eigenvalue weighted by molar-refractivity contribution is 5.68. The molecule has 0 aromatic carbocycles. The minimum atomic E-state index is -0.431. The molecule has 5 heteroatoms. The van der Waals surface area contributed by atoms with Gasteiger partial charge in [0.25, 0.3) is 0 Å². The number of rotatable bonds is 4. The standard InChI is InChI=1S/C12H25N3O2/c1-8(7-13)14-9-5-10(6-9)15-11(16)17-12(2,3)4/h8-10,14H,5-7,13H2,1-4H3,(H,15,16). The number of carbonyl (C=O) groups is 1. The van der Waals surface area contributed by atoms with Crippen molar-refractivity contribution in [1.29, 1.82) is 0 Å². The minimum Gasteiger partial charge on any atom is -0.444 e. The van der Waals surface area contributed by atoms with Crippen molar-refractivity contribution in [3.63, 3.8) is 0 Å². The van der Waals surface area contributed by atoms with Gasteiger partial charge in [-0.15, -0.1) is 0 Å². The van der Waals surface area contributed by atoms with E-state index in [-0.39, 0.29) is 12.1 Å². The first-order valence-electron chi connectivity index (χ1n) is 6.26. The van der Waals surface area contributed by atoms with Gasteiger partial charge in [0.15, 0.2) is 0 Å². The minimum absolute atomic E-state index is 0.229. The number of carbonyl (C=O) groups excluding carboxylic acids is 1. The van der Waals surface area contributed by atoms with Gasteiger partial charge in [0, 0.05) is 24.7 Å². The number of ether oxygens (including phenoxy) is 1. The van der Waals surface area contributed by atoms with Crippen molar-refractivity contribution >= 4 is 6.09 Å². The summed E-state index contributed by atoms with van der Waals surface area (Å²) in [4.78, 5) is 11.5. The molecule has 1 aliphatic carbocycles. The largest absolute Gasteiger partial charge is 0.444 e. The molecule has 1 saturated carbocycles. The molecule has 100 valence electrons. The van der Waals surface area contributed by atoms with Crippen LogP contribution in [0.2, 0.25) is 0 Å². The molecule has 1 aliphatic rings. The zero-order chi connectivity index (χ0) is 13.1. The fraction of sp³-hybridized carbons (Fsp3) is 0.917. The lowest BCUT2D eigenvalue weighted by Crippen LogP contribution is -2.55. The smallest absolute Gasteiger partial charge is 0.407 e. The summed E-state index contributed by atoms with van der Waals surface area (Å²) in [7, 11) is 0. The van der Waals surface area contributed by atoms with E-state index in [0.717, 1.165) is 12.8 Å². The molecule has 1 unspecified atom stereocenters. The monoisotopic (exact) mass is 243 g/mol. The Hall–Kier alpha value is -0.810. The lowest BCUT2D eigenvalue weighted by atomic mass is 9.86. The van der Waals surface area contributed by atoms with Crippen LogP contribution in [0.4, 0.5) is 4.79 Å². The van der Waals surface area contributed by atoms with Crippen molar-refractivity contribution in [2.75, 3.05) is 6.54 Å². The summed E-state index contributed by atoms with van der Waals surface area (Å²) in [5, 5.41) is 6.26. The SMILES string of the molecule is CC(CN)NC1CC(NC(=O)OC(C)(C)C)C1. The Labute approximate surface area is 103 Å².